The van der Waals surface area contributed by atoms with Crippen LogP contribution in [0.25, 0.3) is 0 Å². The molecule has 122 valence electrons. The lowest BCUT2D eigenvalue weighted by molar-refractivity contribution is 0.0824. The molecule has 1 unspecified atom stereocenters. The summed E-state index contributed by atoms with van der Waals surface area (Å²) in [7, 11) is 1.48. The molecule has 0 spiro atoms. The fourth-order valence-electron chi connectivity index (χ4n) is 2.73. The highest BCUT2D eigenvalue weighted by Crippen LogP contribution is 2.21. The number of amides is 2. The molecule has 4 nitrogen and oxygen atoms in total. The number of hydrogen-bond donors (Lipinski definition) is 1. The second kappa shape index (κ2) is 8.08. The van der Waals surface area contributed by atoms with Gasteiger partial charge in [-0.2, -0.15) is 0 Å². The molecule has 6 heteroatoms. The van der Waals surface area contributed by atoms with Crippen LogP contribution in [0.15, 0.2) is 24.3 Å². The van der Waals surface area contributed by atoms with Crippen LogP contribution in [0.1, 0.15) is 17.5 Å². The molecule has 1 aliphatic rings. The first-order valence-corrected chi connectivity index (χ1v) is 7.49. The minimum absolute atomic E-state index is 0.00915. The monoisotopic (exact) mass is 312 g/mol. The van der Waals surface area contributed by atoms with Gasteiger partial charge in [0.25, 0.3) is 6.43 Å². The van der Waals surface area contributed by atoms with Gasteiger partial charge in [0.1, 0.15) is 0 Å². The smallest absolute Gasteiger partial charge is 0.317 e. The summed E-state index contributed by atoms with van der Waals surface area (Å²) < 4.78 is 30.0. The van der Waals surface area contributed by atoms with E-state index in [2.05, 4.69) is 17.4 Å². The first-order chi connectivity index (χ1) is 10.6. The van der Waals surface area contributed by atoms with Gasteiger partial charge in [-0.3, -0.25) is 0 Å². The molecule has 2 rings (SSSR count). The lowest BCUT2D eigenvalue weighted by atomic mass is 9.88. The van der Waals surface area contributed by atoms with Crippen LogP contribution in [0.4, 0.5) is 13.6 Å². The van der Waals surface area contributed by atoms with E-state index in [4.69, 9.17) is 4.74 Å². The number of urea groups is 1. The van der Waals surface area contributed by atoms with Crippen LogP contribution < -0.4 is 5.32 Å². The number of alkyl halides is 2. The number of methoxy groups -OCH3 is 1. The molecule has 1 atom stereocenters. The Morgan fingerprint density at radius 1 is 1.41 bits per heavy atom. The third kappa shape index (κ3) is 4.66. The Labute approximate surface area is 129 Å². The van der Waals surface area contributed by atoms with E-state index in [1.165, 1.54) is 18.2 Å². The van der Waals surface area contributed by atoms with Gasteiger partial charge in [-0.15, -0.1) is 0 Å². The molecule has 1 aromatic carbocycles. The summed E-state index contributed by atoms with van der Waals surface area (Å²) in [6, 6.07) is 7.68. The molecule has 22 heavy (non-hydrogen) atoms. The van der Waals surface area contributed by atoms with Crippen LogP contribution in [0.2, 0.25) is 0 Å². The number of rotatable bonds is 6. The van der Waals surface area contributed by atoms with E-state index in [9.17, 15) is 13.6 Å². The van der Waals surface area contributed by atoms with Crippen LogP contribution in [0, 0.1) is 0 Å². The number of carbonyl (C=O) groups excluding carboxylic acids is 1. The fraction of sp³-hybridized carbons (Fsp3) is 0.562. The van der Waals surface area contributed by atoms with Crippen molar-refractivity contribution in [2.75, 3.05) is 26.8 Å². The highest BCUT2D eigenvalue weighted by molar-refractivity contribution is 5.74. The Hall–Kier alpha value is -1.69. The molecule has 0 fully saturated rings. The number of nitrogens with one attached hydrogen (secondary N) is 1. The van der Waals surface area contributed by atoms with Gasteiger partial charge in [0.2, 0.25) is 0 Å². The predicted octanol–water partition coefficient (Wildman–Crippen LogP) is 2.47. The van der Waals surface area contributed by atoms with Gasteiger partial charge in [0.15, 0.2) is 0 Å². The zero-order valence-electron chi connectivity index (χ0n) is 12.7. The summed E-state index contributed by atoms with van der Waals surface area (Å²) in [6.45, 7) is -0.165. The van der Waals surface area contributed by atoms with Crippen molar-refractivity contribution in [3.05, 3.63) is 35.4 Å². The molecular weight excluding hydrogens is 290 g/mol. The van der Waals surface area contributed by atoms with E-state index < -0.39 is 19.0 Å². The Morgan fingerprint density at radius 2 is 2.14 bits per heavy atom. The average Bonchev–Trinajstić information content (AvgIpc) is 2.51. The van der Waals surface area contributed by atoms with Crippen molar-refractivity contribution >= 4 is 6.03 Å². The third-order valence-corrected chi connectivity index (χ3v) is 3.89. The third-order valence-electron chi connectivity index (χ3n) is 3.89. The van der Waals surface area contributed by atoms with Crippen LogP contribution in [-0.4, -0.2) is 50.2 Å². The normalized spacial score (nSPS) is 17.2. The van der Waals surface area contributed by atoms with E-state index in [-0.39, 0.29) is 19.2 Å². The largest absolute Gasteiger partial charge is 0.383 e. The number of benzene rings is 1. The van der Waals surface area contributed by atoms with Gasteiger partial charge in [0, 0.05) is 19.7 Å². The molecule has 0 radical (unpaired) electrons. The number of aryl methyl sites for hydroxylation is 1. The summed E-state index contributed by atoms with van der Waals surface area (Å²) in [5.41, 5.74) is 2.52. The summed E-state index contributed by atoms with van der Waals surface area (Å²) >= 11 is 0. The van der Waals surface area contributed by atoms with Crippen molar-refractivity contribution in [3.8, 4) is 0 Å². The van der Waals surface area contributed by atoms with Crippen molar-refractivity contribution < 1.29 is 18.3 Å². The molecule has 1 N–H and O–H groups in total. The molecule has 0 saturated heterocycles. The Kier molecular flexibility index (Phi) is 6.12. The quantitative estimate of drug-likeness (QED) is 0.877. The van der Waals surface area contributed by atoms with Gasteiger partial charge in [-0.1, -0.05) is 24.3 Å². The number of fused-ring (bicyclic) bond motifs is 1. The molecule has 1 aromatic rings. The molecular formula is C16H22F2N2O2. The van der Waals surface area contributed by atoms with Crippen molar-refractivity contribution in [3.63, 3.8) is 0 Å². The standard InChI is InChI=1S/C16H22F2N2O2/c1-22-9-8-20(11-15(17)18)16(21)19-14-7-6-12-4-2-3-5-13(12)10-14/h2-5,14-15H,6-11H2,1H3,(H,19,21). The second-order valence-electron chi connectivity index (χ2n) is 5.49. The number of nitrogens with zero attached hydrogens (tertiary/aromatic N) is 1. The molecule has 2 amide bonds. The van der Waals surface area contributed by atoms with Crippen LogP contribution in [0.5, 0.6) is 0 Å². The van der Waals surface area contributed by atoms with Crippen molar-refractivity contribution in [1.82, 2.24) is 10.2 Å². The molecule has 0 aromatic heterocycles. The number of hydrogen-bond acceptors (Lipinski definition) is 2. The van der Waals surface area contributed by atoms with E-state index in [1.807, 2.05) is 12.1 Å². The topological polar surface area (TPSA) is 41.6 Å². The molecule has 1 aliphatic carbocycles. The van der Waals surface area contributed by atoms with Gasteiger partial charge in [-0.25, -0.2) is 13.6 Å². The summed E-state index contributed by atoms with van der Waals surface area (Å²) in [4.78, 5) is 13.3. The number of halogens is 2. The summed E-state index contributed by atoms with van der Waals surface area (Å²) in [6.07, 6.45) is -0.0761. The highest BCUT2D eigenvalue weighted by atomic mass is 19.3. The predicted molar refractivity (Wildman–Crippen MR) is 80.2 cm³/mol. The van der Waals surface area contributed by atoms with E-state index in [0.29, 0.717) is 0 Å². The zero-order valence-corrected chi connectivity index (χ0v) is 12.7. The first-order valence-electron chi connectivity index (χ1n) is 7.49. The van der Waals surface area contributed by atoms with E-state index in [0.717, 1.165) is 24.2 Å². The second-order valence-corrected chi connectivity index (χ2v) is 5.49. The van der Waals surface area contributed by atoms with Crippen LogP contribution >= 0.6 is 0 Å². The number of ether oxygens (including phenoxy) is 1. The number of carbonyl (C=O) groups is 1. The van der Waals surface area contributed by atoms with E-state index >= 15 is 0 Å². The Morgan fingerprint density at radius 3 is 2.82 bits per heavy atom. The Bertz CT molecular complexity index is 497. The lowest BCUT2D eigenvalue weighted by Crippen LogP contribution is -2.49. The summed E-state index contributed by atoms with van der Waals surface area (Å²) in [5, 5.41) is 2.87. The summed E-state index contributed by atoms with van der Waals surface area (Å²) in [5.74, 6) is 0. The minimum Gasteiger partial charge on any atom is -0.383 e. The van der Waals surface area contributed by atoms with Gasteiger partial charge >= 0.3 is 6.03 Å². The fourth-order valence-corrected chi connectivity index (χ4v) is 2.73. The highest BCUT2D eigenvalue weighted by Gasteiger charge is 2.23. The Balaban J connectivity index is 1.92. The van der Waals surface area contributed by atoms with Gasteiger partial charge < -0.3 is 15.0 Å². The van der Waals surface area contributed by atoms with Crippen LogP contribution in [-0.2, 0) is 17.6 Å². The average molecular weight is 312 g/mol. The van der Waals surface area contributed by atoms with Crippen LogP contribution in [0.3, 0.4) is 0 Å². The molecule has 0 heterocycles. The maximum Gasteiger partial charge on any atom is 0.317 e. The van der Waals surface area contributed by atoms with Crippen molar-refractivity contribution in [2.45, 2.75) is 31.7 Å². The van der Waals surface area contributed by atoms with Crippen molar-refractivity contribution in [2.24, 2.45) is 0 Å². The maximum absolute atomic E-state index is 12.6. The minimum atomic E-state index is -2.55. The van der Waals surface area contributed by atoms with Crippen molar-refractivity contribution in [1.29, 1.82) is 0 Å². The molecule has 0 bridgehead atoms. The van der Waals surface area contributed by atoms with Gasteiger partial charge in [0.05, 0.1) is 13.2 Å². The first kappa shape index (κ1) is 16.7. The molecule has 0 saturated carbocycles. The lowest BCUT2D eigenvalue weighted by Gasteiger charge is -2.29. The van der Waals surface area contributed by atoms with E-state index in [1.54, 1.807) is 0 Å². The zero-order chi connectivity index (χ0) is 15.9. The van der Waals surface area contributed by atoms with Gasteiger partial charge in [-0.05, 0) is 30.4 Å². The molecule has 0 aliphatic heterocycles. The maximum atomic E-state index is 12.6. The SMILES string of the molecule is COCCN(CC(F)F)C(=O)NC1CCc2ccccc2C1.